The number of rotatable bonds is 6. The molecule has 0 bridgehead atoms. The number of aliphatic hydroxyl groups excluding tert-OH is 2. The molecule has 30 heavy (non-hydrogen) atoms. The molecule has 3 N–H and O–H groups in total. The molecular weight excluding hydrogens is 376 g/mol. The molecule has 4 saturated carbocycles. The van der Waals surface area contributed by atoms with Gasteiger partial charge < -0.3 is 15.3 Å². The normalized spacial score (nSPS) is 49.0. The number of aliphatic hydroxyl groups is 2. The van der Waals surface area contributed by atoms with E-state index in [0.717, 1.165) is 44.9 Å². The lowest BCUT2D eigenvalue weighted by Crippen LogP contribution is -2.58. The highest BCUT2D eigenvalue weighted by Crippen LogP contribution is 2.68. The van der Waals surface area contributed by atoms with E-state index in [-0.39, 0.29) is 12.2 Å². The van der Waals surface area contributed by atoms with Crippen LogP contribution in [0.5, 0.6) is 0 Å². The zero-order valence-electron chi connectivity index (χ0n) is 19.4. The van der Waals surface area contributed by atoms with Crippen molar-refractivity contribution in [2.75, 3.05) is 0 Å². The molecule has 0 spiro atoms. The van der Waals surface area contributed by atoms with Gasteiger partial charge in [-0.1, -0.05) is 33.6 Å². The van der Waals surface area contributed by atoms with Gasteiger partial charge in [0.2, 0.25) is 0 Å². The fraction of sp³-hybridized carbons (Fsp3) is 0.962. The first-order valence-corrected chi connectivity index (χ1v) is 12.7. The molecule has 4 aliphatic rings. The van der Waals surface area contributed by atoms with Crippen molar-refractivity contribution in [3.05, 3.63) is 0 Å². The van der Waals surface area contributed by atoms with Crippen LogP contribution in [-0.2, 0) is 4.79 Å². The molecule has 10 atom stereocenters. The molecule has 0 aromatic carbocycles. The van der Waals surface area contributed by atoms with Crippen LogP contribution in [0, 0.1) is 46.3 Å². The summed E-state index contributed by atoms with van der Waals surface area (Å²) in [6, 6.07) is 0. The maximum atomic E-state index is 11.3. The number of fused-ring (bicyclic) bond motifs is 5. The summed E-state index contributed by atoms with van der Waals surface area (Å²) in [5.74, 6) is 2.82. The Hall–Kier alpha value is -0.610. The maximum absolute atomic E-state index is 11.3. The summed E-state index contributed by atoms with van der Waals surface area (Å²) in [5.41, 5.74) is 0.622. The number of carboxylic acid groups (broad SMARTS) is 1. The summed E-state index contributed by atoms with van der Waals surface area (Å²) in [4.78, 5) is 10.8. The van der Waals surface area contributed by atoms with Crippen LogP contribution >= 0.6 is 0 Å². The average molecular weight is 421 g/mol. The lowest BCUT2D eigenvalue weighted by atomic mass is 9.43. The molecular formula is C26H44O4. The highest BCUT2D eigenvalue weighted by molar-refractivity contribution is 5.66. The molecule has 1 unspecified atom stereocenters. The summed E-state index contributed by atoms with van der Waals surface area (Å²) in [6.45, 7) is 7.39. The minimum Gasteiger partial charge on any atom is -0.481 e. The van der Waals surface area contributed by atoms with Crippen LogP contribution < -0.4 is 0 Å². The highest BCUT2D eigenvalue weighted by atomic mass is 16.4. The van der Waals surface area contributed by atoms with Crippen LogP contribution in [0.25, 0.3) is 0 Å². The fourth-order valence-electron chi connectivity index (χ4n) is 9.12. The summed E-state index contributed by atoms with van der Waals surface area (Å²) in [5, 5.41) is 30.5. The number of carbonyl (C=O) groups is 1. The second-order valence-corrected chi connectivity index (χ2v) is 12.1. The van der Waals surface area contributed by atoms with Crippen molar-refractivity contribution in [1.82, 2.24) is 0 Å². The Morgan fingerprint density at radius 2 is 1.67 bits per heavy atom. The van der Waals surface area contributed by atoms with E-state index < -0.39 is 5.97 Å². The molecule has 4 rings (SSSR count). The minimum atomic E-state index is -0.679. The van der Waals surface area contributed by atoms with Gasteiger partial charge in [0, 0.05) is 6.42 Å². The smallest absolute Gasteiger partial charge is 0.303 e. The zero-order chi connectivity index (χ0) is 21.7. The van der Waals surface area contributed by atoms with Crippen molar-refractivity contribution in [2.24, 2.45) is 46.3 Å². The largest absolute Gasteiger partial charge is 0.481 e. The first kappa shape index (κ1) is 22.6. The Balaban J connectivity index is 1.47. The van der Waals surface area contributed by atoms with E-state index in [9.17, 15) is 15.0 Å². The first-order valence-electron chi connectivity index (χ1n) is 12.7. The van der Waals surface area contributed by atoms with Crippen molar-refractivity contribution in [1.29, 1.82) is 0 Å². The Kier molecular flexibility index (Phi) is 6.31. The quantitative estimate of drug-likeness (QED) is 0.512. The van der Waals surface area contributed by atoms with Crippen molar-refractivity contribution in [3.8, 4) is 0 Å². The maximum Gasteiger partial charge on any atom is 0.303 e. The second-order valence-electron chi connectivity index (χ2n) is 12.1. The van der Waals surface area contributed by atoms with Gasteiger partial charge in [0.25, 0.3) is 0 Å². The topological polar surface area (TPSA) is 77.8 Å². The molecule has 0 aliphatic heterocycles. The predicted molar refractivity (Wildman–Crippen MR) is 118 cm³/mol. The Morgan fingerprint density at radius 1 is 0.967 bits per heavy atom. The fourth-order valence-corrected chi connectivity index (χ4v) is 9.12. The molecule has 4 fully saturated rings. The number of carboxylic acids is 1. The van der Waals surface area contributed by atoms with Gasteiger partial charge in [0.05, 0.1) is 12.2 Å². The van der Waals surface area contributed by atoms with Crippen molar-refractivity contribution in [2.45, 2.75) is 110 Å². The molecule has 4 nitrogen and oxygen atoms in total. The van der Waals surface area contributed by atoms with E-state index in [1.165, 1.54) is 25.7 Å². The monoisotopic (exact) mass is 420 g/mol. The Morgan fingerprint density at radius 3 is 2.40 bits per heavy atom. The van der Waals surface area contributed by atoms with Gasteiger partial charge >= 0.3 is 5.97 Å². The average Bonchev–Trinajstić information content (AvgIpc) is 3.03. The summed E-state index contributed by atoms with van der Waals surface area (Å²) in [6.07, 6.45) is 11.7. The van der Waals surface area contributed by atoms with Crippen LogP contribution in [0.15, 0.2) is 0 Å². The first-order chi connectivity index (χ1) is 14.2. The number of unbranched alkanes of at least 4 members (excludes halogenated alkanes) is 1. The van der Waals surface area contributed by atoms with Crippen LogP contribution in [0.3, 0.4) is 0 Å². The third-order valence-corrected chi connectivity index (χ3v) is 10.7. The standard InChI is InChI=1S/C26H44O4/c1-16(6-4-5-7-23(29)30)19-8-9-20-24-21(11-13-26(19,20)3)25(2)12-10-18(27)14-17(25)15-22(24)28/h16-22,24,27-28H,4-15H2,1-3H3,(H,29,30)/t16?,17-,18+,19+,20-,21-,22-,24-,25-,26+/m0/s1. The van der Waals surface area contributed by atoms with E-state index in [4.69, 9.17) is 5.11 Å². The lowest BCUT2D eigenvalue weighted by Gasteiger charge is -2.62. The SMILES string of the molecule is CC(CCCCC(=O)O)[C@H]1CC[C@H]2[C@@H]3[C@@H](O)C[C@@H]4C[C@H](O)CC[C@]4(C)[C@H]3CC[C@]12C. The van der Waals surface area contributed by atoms with Gasteiger partial charge in [0.15, 0.2) is 0 Å². The molecule has 172 valence electrons. The molecule has 0 aromatic heterocycles. The van der Waals surface area contributed by atoms with E-state index >= 15 is 0 Å². The van der Waals surface area contributed by atoms with Gasteiger partial charge in [-0.3, -0.25) is 4.79 Å². The molecule has 0 amide bonds. The van der Waals surface area contributed by atoms with Crippen LogP contribution in [0.1, 0.15) is 97.8 Å². The van der Waals surface area contributed by atoms with E-state index in [1.54, 1.807) is 0 Å². The Bertz CT molecular complexity index is 635. The summed E-state index contributed by atoms with van der Waals surface area (Å²) in [7, 11) is 0. The van der Waals surface area contributed by atoms with Crippen LogP contribution in [-0.4, -0.2) is 33.5 Å². The number of aliphatic carboxylic acids is 1. The third kappa shape index (κ3) is 3.74. The van der Waals surface area contributed by atoms with Gasteiger partial charge in [-0.2, -0.15) is 0 Å². The van der Waals surface area contributed by atoms with Gasteiger partial charge in [-0.05, 0) is 104 Å². The second kappa shape index (κ2) is 8.39. The molecule has 0 radical (unpaired) electrons. The summed E-state index contributed by atoms with van der Waals surface area (Å²) < 4.78 is 0. The van der Waals surface area contributed by atoms with E-state index in [2.05, 4.69) is 20.8 Å². The zero-order valence-corrected chi connectivity index (χ0v) is 19.4. The molecule has 0 aromatic rings. The molecule has 4 heteroatoms. The lowest BCUT2D eigenvalue weighted by molar-refractivity contribution is -0.174. The van der Waals surface area contributed by atoms with Gasteiger partial charge in [0.1, 0.15) is 0 Å². The molecule has 0 heterocycles. The Labute approximate surface area is 182 Å². The van der Waals surface area contributed by atoms with Crippen molar-refractivity contribution >= 4 is 5.97 Å². The summed E-state index contributed by atoms with van der Waals surface area (Å²) >= 11 is 0. The molecule has 0 saturated heterocycles. The predicted octanol–water partition coefficient (Wildman–Crippen LogP) is 5.26. The number of hydrogen-bond donors (Lipinski definition) is 3. The number of hydrogen-bond acceptors (Lipinski definition) is 3. The van der Waals surface area contributed by atoms with Crippen LogP contribution in [0.4, 0.5) is 0 Å². The minimum absolute atomic E-state index is 0.168. The van der Waals surface area contributed by atoms with Crippen LogP contribution in [0.2, 0.25) is 0 Å². The van der Waals surface area contributed by atoms with Gasteiger partial charge in [-0.25, -0.2) is 0 Å². The molecule has 4 aliphatic carbocycles. The van der Waals surface area contributed by atoms with Gasteiger partial charge in [-0.15, -0.1) is 0 Å². The van der Waals surface area contributed by atoms with E-state index in [1.807, 2.05) is 0 Å². The van der Waals surface area contributed by atoms with Crippen molar-refractivity contribution < 1.29 is 20.1 Å². The third-order valence-electron chi connectivity index (χ3n) is 10.7. The van der Waals surface area contributed by atoms with E-state index in [0.29, 0.717) is 52.8 Å². The highest BCUT2D eigenvalue weighted by Gasteiger charge is 2.62. The van der Waals surface area contributed by atoms with Crippen molar-refractivity contribution in [3.63, 3.8) is 0 Å².